The lowest BCUT2D eigenvalue weighted by Gasteiger charge is -2.35. The zero-order chi connectivity index (χ0) is 25.6. The van der Waals surface area contributed by atoms with Gasteiger partial charge in [0.25, 0.3) is 0 Å². The predicted molar refractivity (Wildman–Crippen MR) is 136 cm³/mol. The molecule has 2 amide bonds. The molecule has 198 valence electrons. The van der Waals surface area contributed by atoms with E-state index in [1.54, 1.807) is 11.0 Å². The van der Waals surface area contributed by atoms with Crippen LogP contribution in [0.3, 0.4) is 0 Å². The highest BCUT2D eigenvalue weighted by Gasteiger charge is 2.27. The molecule has 0 saturated carbocycles. The normalized spacial score (nSPS) is 16.1. The van der Waals surface area contributed by atoms with Gasteiger partial charge < -0.3 is 24.8 Å². The fraction of sp³-hybridized carbons (Fsp3) is 0.692. The quantitative estimate of drug-likeness (QED) is 0.182. The first-order valence-corrected chi connectivity index (χ1v) is 12.6. The van der Waals surface area contributed by atoms with Crippen LogP contribution in [-0.4, -0.2) is 82.5 Å². The maximum Gasteiger partial charge on any atom is 0.345 e. The SMILES string of the molecule is CC[C@@H](CCCOc1ccc(CCOCN(C)C)c(F)c1)C1CCN(C(=O)/N=C(\N)COC)CC1. The number of nitrogens with two attached hydrogens (primary N) is 1. The van der Waals surface area contributed by atoms with Crippen molar-refractivity contribution < 1.29 is 23.4 Å². The minimum Gasteiger partial charge on any atom is -0.493 e. The number of aliphatic imine (C=N–C) groups is 1. The van der Waals surface area contributed by atoms with Crippen molar-refractivity contribution in [3.8, 4) is 5.75 Å². The second kappa shape index (κ2) is 15.7. The van der Waals surface area contributed by atoms with Crippen LogP contribution >= 0.6 is 0 Å². The number of hydrogen-bond donors (Lipinski definition) is 1. The Kier molecular flexibility index (Phi) is 13.0. The highest BCUT2D eigenvalue weighted by atomic mass is 19.1. The number of nitrogens with zero attached hydrogens (tertiary/aromatic N) is 3. The maximum atomic E-state index is 14.4. The van der Waals surface area contributed by atoms with Crippen molar-refractivity contribution in [3.63, 3.8) is 0 Å². The van der Waals surface area contributed by atoms with Crippen molar-refractivity contribution >= 4 is 11.9 Å². The molecule has 0 spiro atoms. The first-order valence-electron chi connectivity index (χ1n) is 12.6. The molecule has 2 N–H and O–H groups in total. The van der Waals surface area contributed by atoms with Crippen LogP contribution in [0.2, 0.25) is 0 Å². The van der Waals surface area contributed by atoms with E-state index in [4.69, 9.17) is 19.9 Å². The van der Waals surface area contributed by atoms with Gasteiger partial charge in [-0.05, 0) is 69.7 Å². The molecule has 1 fully saturated rings. The van der Waals surface area contributed by atoms with Gasteiger partial charge in [-0.25, -0.2) is 9.18 Å². The van der Waals surface area contributed by atoms with E-state index in [9.17, 15) is 9.18 Å². The van der Waals surface area contributed by atoms with Crippen LogP contribution in [0.5, 0.6) is 5.75 Å². The van der Waals surface area contributed by atoms with Crippen LogP contribution in [0.15, 0.2) is 23.2 Å². The van der Waals surface area contributed by atoms with Gasteiger partial charge in [0.15, 0.2) is 0 Å². The number of amides is 2. The Hall–Kier alpha value is -2.23. The summed E-state index contributed by atoms with van der Waals surface area (Å²) >= 11 is 0. The summed E-state index contributed by atoms with van der Waals surface area (Å²) in [5.74, 6) is 1.68. The third-order valence-corrected chi connectivity index (χ3v) is 6.41. The van der Waals surface area contributed by atoms with Gasteiger partial charge >= 0.3 is 6.03 Å². The van der Waals surface area contributed by atoms with Gasteiger partial charge in [0, 0.05) is 26.3 Å². The Balaban J connectivity index is 1.70. The van der Waals surface area contributed by atoms with Crippen molar-refractivity contribution in [2.75, 3.05) is 60.8 Å². The molecule has 1 aliphatic heterocycles. The minimum absolute atomic E-state index is 0.158. The fourth-order valence-corrected chi connectivity index (χ4v) is 4.49. The fourth-order valence-electron chi connectivity index (χ4n) is 4.49. The van der Waals surface area contributed by atoms with Crippen LogP contribution in [0.1, 0.15) is 44.6 Å². The Bertz CT molecular complexity index is 798. The lowest BCUT2D eigenvalue weighted by molar-refractivity contribution is 0.0579. The van der Waals surface area contributed by atoms with Crippen LogP contribution in [0.25, 0.3) is 0 Å². The molecule has 1 atom stereocenters. The number of ether oxygens (including phenoxy) is 3. The third-order valence-electron chi connectivity index (χ3n) is 6.41. The van der Waals surface area contributed by atoms with Crippen molar-refractivity contribution in [2.24, 2.45) is 22.6 Å². The van der Waals surface area contributed by atoms with E-state index in [1.165, 1.54) is 13.2 Å². The van der Waals surface area contributed by atoms with Crippen molar-refractivity contribution in [1.29, 1.82) is 0 Å². The topological polar surface area (TPSA) is 89.6 Å². The molecule has 1 aromatic rings. The summed E-state index contributed by atoms with van der Waals surface area (Å²) in [5, 5.41) is 0. The van der Waals surface area contributed by atoms with Gasteiger partial charge in [-0.3, -0.25) is 4.90 Å². The number of carbonyl (C=O) groups excluding carboxylic acids is 1. The lowest BCUT2D eigenvalue weighted by atomic mass is 9.80. The summed E-state index contributed by atoms with van der Waals surface area (Å²) < 4.78 is 30.6. The van der Waals surface area contributed by atoms with Gasteiger partial charge in [0.05, 0.1) is 19.9 Å². The van der Waals surface area contributed by atoms with Crippen molar-refractivity contribution in [2.45, 2.75) is 45.4 Å². The molecular weight excluding hydrogens is 451 g/mol. The number of halogens is 1. The van der Waals surface area contributed by atoms with Gasteiger partial charge in [-0.1, -0.05) is 19.4 Å². The Morgan fingerprint density at radius 3 is 2.66 bits per heavy atom. The molecule has 9 heteroatoms. The summed E-state index contributed by atoms with van der Waals surface area (Å²) in [6.07, 6.45) is 5.53. The van der Waals surface area contributed by atoms with Crippen molar-refractivity contribution in [3.05, 3.63) is 29.6 Å². The largest absolute Gasteiger partial charge is 0.493 e. The third kappa shape index (κ3) is 10.5. The molecule has 0 bridgehead atoms. The van der Waals surface area contributed by atoms with E-state index < -0.39 is 0 Å². The van der Waals surface area contributed by atoms with E-state index >= 15 is 0 Å². The average Bonchev–Trinajstić information content (AvgIpc) is 2.83. The predicted octanol–water partition coefficient (Wildman–Crippen LogP) is 3.92. The molecule has 0 aliphatic carbocycles. The molecule has 2 rings (SSSR count). The Morgan fingerprint density at radius 1 is 1.29 bits per heavy atom. The number of piperidine rings is 1. The first-order chi connectivity index (χ1) is 16.8. The summed E-state index contributed by atoms with van der Waals surface area (Å²) in [7, 11) is 5.38. The lowest BCUT2D eigenvalue weighted by Crippen LogP contribution is -2.39. The molecule has 0 aromatic heterocycles. The van der Waals surface area contributed by atoms with Crippen LogP contribution in [0.4, 0.5) is 9.18 Å². The van der Waals surface area contributed by atoms with E-state index in [-0.39, 0.29) is 24.3 Å². The van der Waals surface area contributed by atoms with Crippen LogP contribution < -0.4 is 10.5 Å². The average molecular weight is 495 g/mol. The number of rotatable bonds is 14. The van der Waals surface area contributed by atoms with E-state index in [1.807, 2.05) is 25.1 Å². The number of benzene rings is 1. The smallest absolute Gasteiger partial charge is 0.345 e. The zero-order valence-corrected chi connectivity index (χ0v) is 21.8. The first kappa shape index (κ1) is 29.0. The van der Waals surface area contributed by atoms with Gasteiger partial charge in [-0.15, -0.1) is 0 Å². The standard InChI is InChI=1S/C26H43FN4O4/c1-5-20(21-10-13-31(14-11-21)26(32)29-25(28)18-33-4)7-6-15-35-23-9-8-22(24(27)17-23)12-16-34-19-30(2)3/h8-9,17,20-21H,5-7,10-16,18-19H2,1-4H3,(H2,28,29,32)/t20-/m0/s1. The summed E-state index contributed by atoms with van der Waals surface area (Å²) in [5.41, 5.74) is 6.32. The molecule has 8 nitrogen and oxygen atoms in total. The Morgan fingerprint density at radius 2 is 2.03 bits per heavy atom. The summed E-state index contributed by atoms with van der Waals surface area (Å²) in [4.78, 5) is 19.9. The molecule has 1 heterocycles. The molecule has 0 unspecified atom stereocenters. The van der Waals surface area contributed by atoms with Gasteiger partial charge in [0.1, 0.15) is 24.0 Å². The highest BCUT2D eigenvalue weighted by Crippen LogP contribution is 2.31. The number of amidine groups is 1. The molecule has 0 radical (unpaired) electrons. The van der Waals surface area contributed by atoms with Crippen molar-refractivity contribution in [1.82, 2.24) is 9.80 Å². The molecular formula is C26H43FN4O4. The molecule has 35 heavy (non-hydrogen) atoms. The van der Waals surface area contributed by atoms with Gasteiger partial charge in [-0.2, -0.15) is 4.99 Å². The molecule has 1 saturated heterocycles. The Labute approximate surface area is 209 Å². The summed E-state index contributed by atoms with van der Waals surface area (Å²) in [6, 6.07) is 4.79. The highest BCUT2D eigenvalue weighted by molar-refractivity contribution is 5.93. The number of methoxy groups -OCH3 is 1. The monoisotopic (exact) mass is 494 g/mol. The number of carbonyl (C=O) groups is 1. The zero-order valence-electron chi connectivity index (χ0n) is 21.8. The minimum atomic E-state index is -0.279. The second-order valence-corrected chi connectivity index (χ2v) is 9.42. The van der Waals surface area contributed by atoms with Crippen LogP contribution in [0, 0.1) is 17.7 Å². The number of hydrogen-bond acceptors (Lipinski definition) is 5. The summed E-state index contributed by atoms with van der Waals surface area (Å²) in [6.45, 7) is 5.34. The van der Waals surface area contributed by atoms with E-state index in [0.29, 0.717) is 62.6 Å². The van der Waals surface area contributed by atoms with Crippen LogP contribution in [-0.2, 0) is 15.9 Å². The molecule has 1 aromatic carbocycles. The number of urea groups is 1. The second-order valence-electron chi connectivity index (χ2n) is 9.42. The van der Waals surface area contributed by atoms with Gasteiger partial charge in [0.2, 0.25) is 0 Å². The number of likely N-dealkylation sites (tertiary alicyclic amines) is 1. The van der Waals surface area contributed by atoms with E-state index in [0.717, 1.165) is 32.1 Å². The maximum absolute atomic E-state index is 14.4. The van der Waals surface area contributed by atoms with E-state index in [2.05, 4.69) is 11.9 Å². The molecule has 1 aliphatic rings.